The number of rotatable bonds is 3. The van der Waals surface area contributed by atoms with E-state index in [0.717, 1.165) is 13.1 Å². The number of benzene rings is 1. The molecule has 0 amide bonds. The molecule has 1 aliphatic heterocycles. The molecule has 1 aliphatic rings. The highest BCUT2D eigenvalue weighted by molar-refractivity contribution is 8.12. The molecule has 6 N–H and O–H groups in total. The predicted molar refractivity (Wildman–Crippen MR) is 95.1 cm³/mol. The second-order valence-electron chi connectivity index (χ2n) is 4.47. The van der Waals surface area contributed by atoms with Crippen LogP contribution in [0.25, 0.3) is 0 Å². The predicted octanol–water partition coefficient (Wildman–Crippen LogP) is 0.449. The van der Waals surface area contributed by atoms with Crippen molar-refractivity contribution < 1.29 is 9.53 Å². The Kier molecular flexibility index (Phi) is 7.83. The van der Waals surface area contributed by atoms with Crippen molar-refractivity contribution >= 4 is 47.1 Å². The Bertz CT molecular complexity index is 583. The largest absolute Gasteiger partial charge is 0.379 e. The van der Waals surface area contributed by atoms with Crippen molar-refractivity contribution in [2.75, 3.05) is 26.3 Å². The van der Waals surface area contributed by atoms with Crippen molar-refractivity contribution in [1.82, 2.24) is 4.31 Å². The number of hydrogen-bond donors (Lipinski definition) is 3. The van der Waals surface area contributed by atoms with E-state index < -0.39 is 0 Å². The molecule has 0 unspecified atom stereocenters. The van der Waals surface area contributed by atoms with Crippen molar-refractivity contribution in [3.8, 4) is 0 Å². The quantitative estimate of drug-likeness (QED) is 0.406. The van der Waals surface area contributed by atoms with Crippen molar-refractivity contribution in [3.05, 3.63) is 29.8 Å². The summed E-state index contributed by atoms with van der Waals surface area (Å²) in [6.45, 7) is 2.79. The number of guanidine groups is 2. The minimum absolute atomic E-state index is 0. The fourth-order valence-corrected chi connectivity index (χ4v) is 2.58. The molecule has 1 saturated heterocycles. The lowest BCUT2D eigenvalue weighted by molar-refractivity contribution is 0.0766. The van der Waals surface area contributed by atoms with E-state index in [0.29, 0.717) is 24.5 Å². The molecule has 2 rings (SSSR count). The lowest BCUT2D eigenvalue weighted by Crippen LogP contribution is -2.32. The summed E-state index contributed by atoms with van der Waals surface area (Å²) in [6.07, 6.45) is 0. The van der Waals surface area contributed by atoms with Gasteiger partial charge in [-0.15, -0.1) is 12.4 Å². The van der Waals surface area contributed by atoms with Gasteiger partial charge in [0.25, 0.3) is 0 Å². The van der Waals surface area contributed by atoms with E-state index in [1.807, 2.05) is 4.31 Å². The molecule has 8 nitrogen and oxygen atoms in total. The first-order valence-corrected chi connectivity index (χ1v) is 7.41. The Labute approximate surface area is 144 Å². The molecule has 0 aliphatic carbocycles. The van der Waals surface area contributed by atoms with Gasteiger partial charge in [0, 0.05) is 30.6 Å². The van der Waals surface area contributed by atoms with Crippen LogP contribution in [0.4, 0.5) is 5.69 Å². The molecule has 1 aromatic carbocycles. The third kappa shape index (κ3) is 6.45. The average molecular weight is 359 g/mol. The Hall–Kier alpha value is -1.81. The average Bonchev–Trinajstić information content (AvgIpc) is 2.48. The first kappa shape index (κ1) is 19.2. The minimum atomic E-state index is -0.157. The third-order valence-corrected chi connectivity index (χ3v) is 3.80. The molecule has 1 fully saturated rings. The lowest BCUT2D eigenvalue weighted by Gasteiger charge is -2.24. The number of halogens is 1. The standard InChI is InChI=1S/C13H18N6O2S.ClH/c14-12(15)18-13(16)17-10-3-1-9(2-4-10)11(20)22-19-5-7-21-8-6-19;/h1-4H,5-8H2,(H6,14,15,16,17,18);1H. The normalized spacial score (nSPS) is 15.6. The highest BCUT2D eigenvalue weighted by Crippen LogP contribution is 2.21. The zero-order valence-corrected chi connectivity index (χ0v) is 14.0. The molecule has 1 heterocycles. The van der Waals surface area contributed by atoms with E-state index in [4.69, 9.17) is 21.9 Å². The SMILES string of the molecule is Cl.NC(N)=NC(N)=Nc1ccc(C(=O)SN2CCOCC2)cc1. The van der Waals surface area contributed by atoms with Crippen LogP contribution < -0.4 is 17.2 Å². The van der Waals surface area contributed by atoms with Crippen LogP contribution in [0.5, 0.6) is 0 Å². The van der Waals surface area contributed by atoms with Gasteiger partial charge in [0.05, 0.1) is 18.9 Å². The first-order chi connectivity index (χ1) is 10.5. The van der Waals surface area contributed by atoms with Gasteiger partial charge in [0.15, 0.2) is 5.96 Å². The second-order valence-corrected chi connectivity index (χ2v) is 5.54. The zero-order valence-electron chi connectivity index (χ0n) is 12.3. The second kappa shape index (κ2) is 9.36. The van der Waals surface area contributed by atoms with Crippen LogP contribution in [0.2, 0.25) is 0 Å². The molecular weight excluding hydrogens is 340 g/mol. The van der Waals surface area contributed by atoms with Crippen LogP contribution in [-0.2, 0) is 4.74 Å². The van der Waals surface area contributed by atoms with Crippen molar-refractivity contribution in [3.63, 3.8) is 0 Å². The Morgan fingerprint density at radius 3 is 2.30 bits per heavy atom. The Morgan fingerprint density at radius 1 is 1.13 bits per heavy atom. The van der Waals surface area contributed by atoms with E-state index in [9.17, 15) is 4.79 Å². The summed E-state index contributed by atoms with van der Waals surface area (Å²) in [5, 5.41) is -0.0189. The highest BCUT2D eigenvalue weighted by Gasteiger charge is 2.16. The van der Waals surface area contributed by atoms with Gasteiger partial charge in [-0.3, -0.25) is 4.79 Å². The van der Waals surface area contributed by atoms with Gasteiger partial charge in [-0.1, -0.05) is 0 Å². The molecule has 0 aromatic heterocycles. The number of nitrogens with zero attached hydrogens (tertiary/aromatic N) is 3. The number of nitrogens with two attached hydrogens (primary N) is 3. The number of morpholine rings is 1. The fraction of sp³-hybridized carbons (Fsp3) is 0.308. The van der Waals surface area contributed by atoms with Crippen molar-refractivity contribution in [2.24, 2.45) is 27.2 Å². The molecule has 0 saturated carbocycles. The number of carbonyl (C=O) groups excluding carboxylic acids is 1. The van der Waals surface area contributed by atoms with Gasteiger partial charge in [-0.05, 0) is 24.3 Å². The van der Waals surface area contributed by atoms with Gasteiger partial charge in [-0.2, -0.15) is 4.99 Å². The smallest absolute Gasteiger partial charge is 0.234 e. The molecular formula is C13H19ClN6O2S. The van der Waals surface area contributed by atoms with Gasteiger partial charge < -0.3 is 21.9 Å². The van der Waals surface area contributed by atoms with Crippen LogP contribution in [0.15, 0.2) is 34.3 Å². The van der Waals surface area contributed by atoms with E-state index in [1.54, 1.807) is 24.3 Å². The summed E-state index contributed by atoms with van der Waals surface area (Å²) in [6, 6.07) is 6.75. The topological polar surface area (TPSA) is 132 Å². The van der Waals surface area contributed by atoms with Crippen LogP contribution in [-0.4, -0.2) is 47.6 Å². The van der Waals surface area contributed by atoms with Crippen LogP contribution in [0.3, 0.4) is 0 Å². The molecule has 0 bridgehead atoms. The lowest BCUT2D eigenvalue weighted by atomic mass is 10.2. The maximum Gasteiger partial charge on any atom is 0.234 e. The summed E-state index contributed by atoms with van der Waals surface area (Å²) < 4.78 is 7.24. The summed E-state index contributed by atoms with van der Waals surface area (Å²) in [7, 11) is 0. The van der Waals surface area contributed by atoms with Gasteiger partial charge in [0.2, 0.25) is 11.1 Å². The van der Waals surface area contributed by atoms with Crippen LogP contribution >= 0.6 is 24.4 Å². The highest BCUT2D eigenvalue weighted by atomic mass is 35.5. The van der Waals surface area contributed by atoms with Gasteiger partial charge in [0.1, 0.15) is 0 Å². The molecule has 10 heteroatoms. The summed E-state index contributed by atoms with van der Waals surface area (Å²) in [5.74, 6) is -0.197. The molecule has 1 aromatic rings. The maximum absolute atomic E-state index is 12.2. The molecule has 0 spiro atoms. The van der Waals surface area contributed by atoms with Crippen LogP contribution in [0, 0.1) is 0 Å². The Morgan fingerprint density at radius 2 is 1.74 bits per heavy atom. The third-order valence-electron chi connectivity index (χ3n) is 2.77. The molecule has 0 atom stereocenters. The summed E-state index contributed by atoms with van der Waals surface area (Å²) in [5.41, 5.74) is 17.1. The van der Waals surface area contributed by atoms with Crippen LogP contribution in [0.1, 0.15) is 10.4 Å². The van der Waals surface area contributed by atoms with Gasteiger partial charge in [-0.25, -0.2) is 9.30 Å². The zero-order chi connectivity index (χ0) is 15.9. The molecule has 0 radical (unpaired) electrons. The van der Waals surface area contributed by atoms with E-state index in [2.05, 4.69) is 9.98 Å². The first-order valence-electron chi connectivity index (χ1n) is 6.63. The summed E-state index contributed by atoms with van der Waals surface area (Å²) >= 11 is 1.20. The number of aliphatic imine (C=N–C) groups is 2. The van der Waals surface area contributed by atoms with Crippen molar-refractivity contribution in [2.45, 2.75) is 0 Å². The van der Waals surface area contributed by atoms with Gasteiger partial charge >= 0.3 is 0 Å². The van der Waals surface area contributed by atoms with Crippen molar-refractivity contribution in [1.29, 1.82) is 0 Å². The Balaban J connectivity index is 0.00000264. The molecule has 126 valence electrons. The maximum atomic E-state index is 12.2. The number of hydrogen-bond acceptors (Lipinski definition) is 5. The monoisotopic (exact) mass is 358 g/mol. The minimum Gasteiger partial charge on any atom is -0.379 e. The number of ether oxygens (including phenoxy) is 1. The van der Waals surface area contributed by atoms with E-state index in [1.165, 1.54) is 11.9 Å². The van der Waals surface area contributed by atoms with E-state index >= 15 is 0 Å². The number of carbonyl (C=O) groups is 1. The fourth-order valence-electron chi connectivity index (χ4n) is 1.77. The molecule has 23 heavy (non-hydrogen) atoms. The van der Waals surface area contributed by atoms with E-state index in [-0.39, 0.29) is 29.4 Å². The summed E-state index contributed by atoms with van der Waals surface area (Å²) in [4.78, 5) is 19.8.